The van der Waals surface area contributed by atoms with E-state index in [2.05, 4.69) is 26.5 Å². The highest BCUT2D eigenvalue weighted by atomic mass is 32.2. The Bertz CT molecular complexity index is 1600. The normalized spacial score (nSPS) is 14.1. The highest BCUT2D eigenvalue weighted by Crippen LogP contribution is 2.25. The Balaban J connectivity index is 1.32. The molecule has 3 aromatic rings. The second-order valence-electron chi connectivity index (χ2n) is 10.4. The minimum atomic E-state index is -3.37. The molecule has 44 heavy (non-hydrogen) atoms. The molecule has 14 heteroatoms. The van der Waals surface area contributed by atoms with Gasteiger partial charge in [-0.25, -0.2) is 27.0 Å². The number of hydrogen-bond donors (Lipinski definition) is 3. The Morgan fingerprint density at radius 2 is 1.84 bits per heavy atom. The number of nitrogens with one attached hydrogen (secondary N) is 2. The molecular weight excluding hydrogens is 594 g/mol. The number of rotatable bonds is 12. The van der Waals surface area contributed by atoms with Gasteiger partial charge in [0.1, 0.15) is 17.4 Å². The summed E-state index contributed by atoms with van der Waals surface area (Å²) in [6.45, 7) is 6.12. The molecule has 1 aliphatic rings. The number of pyridine rings is 1. The van der Waals surface area contributed by atoms with Crippen molar-refractivity contribution in [2.75, 3.05) is 35.9 Å². The summed E-state index contributed by atoms with van der Waals surface area (Å²) >= 11 is 0. The fourth-order valence-corrected chi connectivity index (χ4v) is 5.40. The number of hydrogen-bond acceptors (Lipinski definition) is 7. The number of benzene rings is 2. The van der Waals surface area contributed by atoms with Crippen LogP contribution in [0.5, 0.6) is 11.6 Å². The highest BCUT2D eigenvalue weighted by molar-refractivity contribution is 7.92. The topological polar surface area (TPSA) is 147 Å². The molecule has 4 rings (SSSR count). The lowest BCUT2D eigenvalue weighted by atomic mass is 10.0. The van der Waals surface area contributed by atoms with Gasteiger partial charge in [-0.3, -0.25) is 14.4 Å². The number of aromatic nitrogens is 1. The van der Waals surface area contributed by atoms with Crippen LogP contribution in [-0.4, -0.2) is 67.1 Å². The number of anilines is 2. The van der Waals surface area contributed by atoms with Crippen LogP contribution >= 0.6 is 0 Å². The minimum absolute atomic E-state index is 0.127. The molecule has 0 aliphatic carbocycles. The summed E-state index contributed by atoms with van der Waals surface area (Å²) in [5.41, 5.74) is 5.73. The summed E-state index contributed by atoms with van der Waals surface area (Å²) in [7, 11) is -3.37. The minimum Gasteiger partial charge on any atom is -0.439 e. The van der Waals surface area contributed by atoms with E-state index in [1.165, 1.54) is 0 Å². The van der Waals surface area contributed by atoms with Gasteiger partial charge in [0.25, 0.3) is 5.91 Å². The van der Waals surface area contributed by atoms with Crippen LogP contribution in [0.25, 0.3) is 0 Å². The van der Waals surface area contributed by atoms with Gasteiger partial charge in [0, 0.05) is 56.2 Å². The first kappa shape index (κ1) is 32.4. The van der Waals surface area contributed by atoms with Crippen molar-refractivity contribution in [1.29, 1.82) is 0 Å². The number of primary amides is 1. The SMILES string of the molecule is C=CCCN(C(=O)Nc1cc(C(N)=O)c(F)cc1F)C1CCN(Cc2ccc(Oc3ccc(NS(C)(=O)=O)cc3)nc2)CC1. The Labute approximate surface area is 254 Å². The van der Waals surface area contributed by atoms with Crippen LogP contribution in [-0.2, 0) is 16.6 Å². The summed E-state index contributed by atoms with van der Waals surface area (Å²) in [4.78, 5) is 32.9. The van der Waals surface area contributed by atoms with Crippen LogP contribution in [0, 0.1) is 11.6 Å². The van der Waals surface area contributed by atoms with Crippen molar-refractivity contribution in [2.24, 2.45) is 5.73 Å². The molecule has 0 saturated carbocycles. The zero-order valence-electron chi connectivity index (χ0n) is 24.1. The molecule has 3 amide bonds. The zero-order valence-corrected chi connectivity index (χ0v) is 24.9. The van der Waals surface area contributed by atoms with Crippen molar-refractivity contribution in [3.05, 3.63) is 90.1 Å². The standard InChI is InChI=1S/C30H34F2N6O5S/c1-3-4-13-38(30(40)35-27-16-24(29(33)39)25(31)17-26(27)32)22-11-14-37(15-12-22)19-20-5-10-28(34-18-20)43-23-8-6-21(7-9-23)36-44(2,41)42/h3,5-10,16-18,22,36H,1,4,11-15,19H2,2H3,(H2,33,39)(H,35,40). The molecule has 2 heterocycles. The number of sulfonamides is 1. The van der Waals surface area contributed by atoms with Gasteiger partial charge in [0.2, 0.25) is 15.9 Å². The molecule has 1 fully saturated rings. The number of halogens is 2. The van der Waals surface area contributed by atoms with Crippen molar-refractivity contribution in [3.8, 4) is 11.6 Å². The van der Waals surface area contributed by atoms with Gasteiger partial charge in [-0.15, -0.1) is 6.58 Å². The van der Waals surface area contributed by atoms with E-state index in [1.807, 2.05) is 6.07 Å². The molecule has 2 aromatic carbocycles. The predicted octanol–water partition coefficient (Wildman–Crippen LogP) is 4.70. The van der Waals surface area contributed by atoms with Crippen molar-refractivity contribution >= 4 is 33.3 Å². The van der Waals surface area contributed by atoms with Gasteiger partial charge >= 0.3 is 6.03 Å². The maximum absolute atomic E-state index is 14.4. The van der Waals surface area contributed by atoms with E-state index in [9.17, 15) is 26.8 Å². The number of piperidine rings is 1. The van der Waals surface area contributed by atoms with Crippen molar-refractivity contribution in [2.45, 2.75) is 31.8 Å². The Morgan fingerprint density at radius 3 is 2.43 bits per heavy atom. The van der Waals surface area contributed by atoms with Gasteiger partial charge in [0.15, 0.2) is 0 Å². The average Bonchev–Trinajstić information content (AvgIpc) is 2.96. The number of nitrogens with zero attached hydrogens (tertiary/aromatic N) is 3. The van der Waals surface area contributed by atoms with E-state index < -0.39 is 39.2 Å². The first-order valence-electron chi connectivity index (χ1n) is 13.8. The highest BCUT2D eigenvalue weighted by Gasteiger charge is 2.28. The third kappa shape index (κ3) is 8.97. The van der Waals surface area contributed by atoms with E-state index in [-0.39, 0.29) is 11.7 Å². The fraction of sp³-hybridized carbons (Fsp3) is 0.300. The second kappa shape index (κ2) is 14.3. The van der Waals surface area contributed by atoms with Crippen LogP contribution in [0.15, 0.2) is 67.4 Å². The zero-order chi connectivity index (χ0) is 31.9. The Hall–Kier alpha value is -4.56. The van der Waals surface area contributed by atoms with E-state index >= 15 is 0 Å². The predicted molar refractivity (Wildman–Crippen MR) is 163 cm³/mol. The number of amides is 3. The monoisotopic (exact) mass is 628 g/mol. The molecule has 0 unspecified atom stereocenters. The molecule has 4 N–H and O–H groups in total. The molecule has 1 saturated heterocycles. The maximum atomic E-state index is 14.4. The van der Waals surface area contributed by atoms with E-state index in [0.29, 0.717) is 68.8 Å². The van der Waals surface area contributed by atoms with Crippen LogP contribution in [0.2, 0.25) is 0 Å². The number of carbonyl (C=O) groups excluding carboxylic acids is 2. The largest absolute Gasteiger partial charge is 0.439 e. The van der Waals surface area contributed by atoms with Crippen LogP contribution in [0.3, 0.4) is 0 Å². The third-order valence-electron chi connectivity index (χ3n) is 6.98. The lowest BCUT2D eigenvalue weighted by molar-refractivity contribution is 0.0996. The second-order valence-corrected chi connectivity index (χ2v) is 12.1. The van der Waals surface area contributed by atoms with Crippen LogP contribution in [0.4, 0.5) is 25.0 Å². The maximum Gasteiger partial charge on any atom is 0.322 e. The first-order valence-corrected chi connectivity index (χ1v) is 15.7. The van der Waals surface area contributed by atoms with Crippen molar-refractivity contribution in [1.82, 2.24) is 14.8 Å². The van der Waals surface area contributed by atoms with Gasteiger partial charge in [0.05, 0.1) is 17.5 Å². The number of likely N-dealkylation sites (tertiary alicyclic amines) is 1. The molecule has 234 valence electrons. The Morgan fingerprint density at radius 1 is 1.14 bits per heavy atom. The average molecular weight is 629 g/mol. The van der Waals surface area contributed by atoms with Crippen LogP contribution < -0.4 is 20.5 Å². The summed E-state index contributed by atoms with van der Waals surface area (Å²) in [6, 6.07) is 10.9. The smallest absolute Gasteiger partial charge is 0.322 e. The van der Waals surface area contributed by atoms with Crippen LogP contribution in [0.1, 0.15) is 35.2 Å². The lowest BCUT2D eigenvalue weighted by Crippen LogP contribution is -2.49. The molecule has 11 nitrogen and oxygen atoms in total. The number of carbonyl (C=O) groups is 2. The molecule has 1 aliphatic heterocycles. The molecule has 1 aromatic heterocycles. The Kier molecular flexibility index (Phi) is 10.5. The molecule has 0 spiro atoms. The third-order valence-corrected chi connectivity index (χ3v) is 7.59. The first-order chi connectivity index (χ1) is 20.9. The molecular formula is C30H34F2N6O5S. The summed E-state index contributed by atoms with van der Waals surface area (Å²) in [5.74, 6) is -2.28. The molecule has 0 bridgehead atoms. The summed E-state index contributed by atoms with van der Waals surface area (Å²) in [5, 5.41) is 2.47. The van der Waals surface area contributed by atoms with E-state index in [4.69, 9.17) is 10.5 Å². The lowest BCUT2D eigenvalue weighted by Gasteiger charge is -2.38. The molecule has 0 atom stereocenters. The fourth-order valence-electron chi connectivity index (χ4n) is 4.84. The number of nitrogens with two attached hydrogens (primary N) is 1. The van der Waals surface area contributed by atoms with Gasteiger partial charge in [-0.2, -0.15) is 0 Å². The molecule has 0 radical (unpaired) electrons. The number of urea groups is 1. The van der Waals surface area contributed by atoms with E-state index in [1.54, 1.807) is 47.5 Å². The van der Waals surface area contributed by atoms with Gasteiger partial charge < -0.3 is 20.7 Å². The van der Waals surface area contributed by atoms with Crippen molar-refractivity contribution in [3.63, 3.8) is 0 Å². The van der Waals surface area contributed by atoms with Gasteiger partial charge in [-0.05, 0) is 55.2 Å². The van der Waals surface area contributed by atoms with Gasteiger partial charge in [-0.1, -0.05) is 12.1 Å². The summed E-state index contributed by atoms with van der Waals surface area (Å²) < 4.78 is 59.1. The number of ether oxygens (including phenoxy) is 1. The summed E-state index contributed by atoms with van der Waals surface area (Å²) in [6.07, 6.45) is 6.35. The van der Waals surface area contributed by atoms with E-state index in [0.717, 1.165) is 17.9 Å². The quantitative estimate of drug-likeness (QED) is 0.247. The van der Waals surface area contributed by atoms with Crippen molar-refractivity contribution < 1.29 is 31.5 Å².